The monoisotopic (exact) mass is 314 g/mol. The summed E-state index contributed by atoms with van der Waals surface area (Å²) < 4.78 is 0. The number of aromatic hydroxyl groups is 1. The summed E-state index contributed by atoms with van der Waals surface area (Å²) in [5.41, 5.74) is 5.02. The molecule has 5 heteroatoms. The Bertz CT molecular complexity index is 1060. The summed E-state index contributed by atoms with van der Waals surface area (Å²) in [6, 6.07) is 20.8. The normalized spacial score (nSPS) is 11.3. The van der Waals surface area contributed by atoms with Crippen molar-refractivity contribution in [2.75, 3.05) is 5.43 Å². The third-order valence-electron chi connectivity index (χ3n) is 3.69. The summed E-state index contributed by atoms with van der Waals surface area (Å²) in [7, 11) is 0. The van der Waals surface area contributed by atoms with E-state index >= 15 is 0 Å². The number of benzene rings is 2. The standard InChI is InChI=1S/C19H14N4O/c24-17-7-3-5-14-8-10-15(21-19(14)17)12-20-23-18-11-9-13-4-1-2-6-16(13)22-18/h1-12,24H,(H,22,23). The first-order chi connectivity index (χ1) is 11.8. The van der Waals surface area contributed by atoms with Crippen LogP contribution in [0, 0.1) is 0 Å². The molecule has 5 nitrogen and oxygen atoms in total. The maximum Gasteiger partial charge on any atom is 0.146 e. The second-order valence-corrected chi connectivity index (χ2v) is 5.34. The predicted octanol–water partition coefficient (Wildman–Crippen LogP) is 3.93. The molecule has 0 unspecified atom stereocenters. The van der Waals surface area contributed by atoms with Gasteiger partial charge in [0.05, 0.1) is 17.4 Å². The van der Waals surface area contributed by atoms with Crippen LogP contribution in [-0.4, -0.2) is 21.3 Å². The number of hydrazone groups is 1. The van der Waals surface area contributed by atoms with Gasteiger partial charge in [-0.2, -0.15) is 5.10 Å². The third-order valence-corrected chi connectivity index (χ3v) is 3.69. The molecule has 0 radical (unpaired) electrons. The molecule has 0 amide bonds. The number of fused-ring (bicyclic) bond motifs is 2. The fourth-order valence-electron chi connectivity index (χ4n) is 2.51. The highest BCUT2D eigenvalue weighted by molar-refractivity contribution is 5.88. The predicted molar refractivity (Wildman–Crippen MR) is 96.4 cm³/mol. The van der Waals surface area contributed by atoms with E-state index in [1.165, 1.54) is 0 Å². The number of pyridine rings is 2. The van der Waals surface area contributed by atoms with Crippen molar-refractivity contribution in [1.29, 1.82) is 0 Å². The number of anilines is 1. The van der Waals surface area contributed by atoms with Gasteiger partial charge in [-0.15, -0.1) is 0 Å². The highest BCUT2D eigenvalue weighted by Gasteiger charge is 2.01. The van der Waals surface area contributed by atoms with Crippen LogP contribution in [0.4, 0.5) is 5.82 Å². The number of nitrogens with zero attached hydrogens (tertiary/aromatic N) is 3. The van der Waals surface area contributed by atoms with Crippen molar-refractivity contribution in [3.05, 3.63) is 72.4 Å². The summed E-state index contributed by atoms with van der Waals surface area (Å²) in [6.07, 6.45) is 1.60. The van der Waals surface area contributed by atoms with Crippen LogP contribution in [0.25, 0.3) is 21.8 Å². The van der Waals surface area contributed by atoms with Crippen molar-refractivity contribution < 1.29 is 5.11 Å². The van der Waals surface area contributed by atoms with E-state index in [4.69, 9.17) is 0 Å². The first kappa shape index (κ1) is 14.1. The fourth-order valence-corrected chi connectivity index (χ4v) is 2.51. The van der Waals surface area contributed by atoms with Crippen molar-refractivity contribution >= 4 is 33.8 Å². The van der Waals surface area contributed by atoms with Gasteiger partial charge in [-0.25, -0.2) is 9.97 Å². The summed E-state index contributed by atoms with van der Waals surface area (Å²) in [5, 5.41) is 16.0. The molecular formula is C19H14N4O. The number of nitrogens with one attached hydrogen (secondary N) is 1. The number of para-hydroxylation sites is 2. The maximum atomic E-state index is 9.87. The fraction of sp³-hybridized carbons (Fsp3) is 0. The number of hydrogen-bond donors (Lipinski definition) is 2. The molecule has 0 saturated carbocycles. The SMILES string of the molecule is Oc1cccc2ccc(C=NNc3ccc4ccccc4n3)nc12. The van der Waals surface area contributed by atoms with E-state index in [0.29, 0.717) is 17.0 Å². The molecule has 116 valence electrons. The highest BCUT2D eigenvalue weighted by Crippen LogP contribution is 2.22. The third kappa shape index (κ3) is 2.75. The Hall–Kier alpha value is -3.47. The molecule has 0 saturated heterocycles. The Morgan fingerprint density at radius 3 is 2.62 bits per heavy atom. The molecule has 0 aliphatic carbocycles. The molecule has 24 heavy (non-hydrogen) atoms. The van der Waals surface area contributed by atoms with Crippen LogP contribution in [0.3, 0.4) is 0 Å². The van der Waals surface area contributed by atoms with Gasteiger partial charge in [-0.05, 0) is 30.3 Å². The molecule has 0 spiro atoms. The van der Waals surface area contributed by atoms with Gasteiger partial charge >= 0.3 is 0 Å². The van der Waals surface area contributed by atoms with Crippen molar-refractivity contribution in [2.45, 2.75) is 0 Å². The molecule has 0 fully saturated rings. The van der Waals surface area contributed by atoms with Gasteiger partial charge in [-0.1, -0.05) is 36.4 Å². The van der Waals surface area contributed by atoms with Gasteiger partial charge in [0.15, 0.2) is 0 Å². The second-order valence-electron chi connectivity index (χ2n) is 5.34. The molecule has 2 aromatic carbocycles. The van der Waals surface area contributed by atoms with E-state index < -0.39 is 0 Å². The lowest BCUT2D eigenvalue weighted by Gasteiger charge is -2.02. The molecule has 0 aliphatic heterocycles. The van der Waals surface area contributed by atoms with E-state index in [-0.39, 0.29) is 5.75 Å². The number of hydrogen-bond acceptors (Lipinski definition) is 5. The Balaban J connectivity index is 1.57. The molecule has 0 atom stereocenters. The molecular weight excluding hydrogens is 300 g/mol. The van der Waals surface area contributed by atoms with Gasteiger partial charge in [-0.3, -0.25) is 5.43 Å². The largest absolute Gasteiger partial charge is 0.506 e. The Morgan fingerprint density at radius 2 is 1.67 bits per heavy atom. The lowest BCUT2D eigenvalue weighted by molar-refractivity contribution is 0.480. The molecule has 2 aromatic heterocycles. The van der Waals surface area contributed by atoms with Gasteiger partial charge in [0.1, 0.15) is 17.1 Å². The minimum absolute atomic E-state index is 0.159. The highest BCUT2D eigenvalue weighted by atomic mass is 16.3. The summed E-state index contributed by atoms with van der Waals surface area (Å²) in [6.45, 7) is 0. The zero-order chi connectivity index (χ0) is 16.4. The van der Waals surface area contributed by atoms with E-state index in [1.807, 2.05) is 54.6 Å². The van der Waals surface area contributed by atoms with Crippen LogP contribution in [0.1, 0.15) is 5.69 Å². The quantitative estimate of drug-likeness (QED) is 0.444. The van der Waals surface area contributed by atoms with Crippen molar-refractivity contribution in [2.24, 2.45) is 5.10 Å². The lowest BCUT2D eigenvalue weighted by atomic mass is 10.2. The molecule has 0 aliphatic rings. The molecule has 4 rings (SSSR count). The average Bonchev–Trinajstić information content (AvgIpc) is 2.62. The van der Waals surface area contributed by atoms with Gasteiger partial charge in [0, 0.05) is 10.8 Å². The lowest BCUT2D eigenvalue weighted by Crippen LogP contribution is -1.95. The van der Waals surface area contributed by atoms with Crippen LogP contribution >= 0.6 is 0 Å². The first-order valence-corrected chi connectivity index (χ1v) is 7.53. The zero-order valence-electron chi connectivity index (χ0n) is 12.7. The molecule has 4 aromatic rings. The minimum atomic E-state index is 0.159. The van der Waals surface area contributed by atoms with Crippen LogP contribution in [-0.2, 0) is 0 Å². The van der Waals surface area contributed by atoms with Crippen molar-refractivity contribution in [1.82, 2.24) is 9.97 Å². The van der Waals surface area contributed by atoms with Crippen molar-refractivity contribution in [3.63, 3.8) is 0 Å². The molecule has 2 heterocycles. The molecule has 2 N–H and O–H groups in total. The summed E-state index contributed by atoms with van der Waals surface area (Å²) in [5.74, 6) is 0.820. The number of aromatic nitrogens is 2. The smallest absolute Gasteiger partial charge is 0.146 e. The maximum absolute atomic E-state index is 9.87. The topological polar surface area (TPSA) is 70.4 Å². The van der Waals surface area contributed by atoms with E-state index in [0.717, 1.165) is 16.3 Å². The van der Waals surface area contributed by atoms with E-state index in [9.17, 15) is 5.11 Å². The van der Waals surface area contributed by atoms with E-state index in [1.54, 1.807) is 18.3 Å². The average molecular weight is 314 g/mol. The van der Waals surface area contributed by atoms with Crippen molar-refractivity contribution in [3.8, 4) is 5.75 Å². The summed E-state index contributed by atoms with van der Waals surface area (Å²) in [4.78, 5) is 8.88. The Morgan fingerprint density at radius 1 is 0.833 bits per heavy atom. The first-order valence-electron chi connectivity index (χ1n) is 7.53. The Kier molecular flexibility index (Phi) is 3.51. The molecule has 0 bridgehead atoms. The second kappa shape index (κ2) is 5.96. The van der Waals surface area contributed by atoms with Crippen LogP contribution in [0.2, 0.25) is 0 Å². The van der Waals surface area contributed by atoms with Crippen LogP contribution < -0.4 is 5.43 Å². The van der Waals surface area contributed by atoms with Gasteiger partial charge in [0.2, 0.25) is 0 Å². The van der Waals surface area contributed by atoms with Gasteiger partial charge < -0.3 is 5.11 Å². The Labute approximate surface area is 138 Å². The number of phenolic OH excluding ortho intramolecular Hbond substituents is 1. The van der Waals surface area contributed by atoms with Crippen LogP contribution in [0.5, 0.6) is 5.75 Å². The van der Waals surface area contributed by atoms with Crippen LogP contribution in [0.15, 0.2) is 71.8 Å². The van der Waals surface area contributed by atoms with Gasteiger partial charge in [0.25, 0.3) is 0 Å². The zero-order valence-corrected chi connectivity index (χ0v) is 12.7. The number of phenols is 1. The summed E-state index contributed by atoms with van der Waals surface area (Å²) >= 11 is 0. The number of rotatable bonds is 3. The minimum Gasteiger partial charge on any atom is -0.506 e. The van der Waals surface area contributed by atoms with E-state index in [2.05, 4.69) is 20.5 Å².